The van der Waals surface area contributed by atoms with Crippen LogP contribution in [-0.4, -0.2) is 28.1 Å². The number of ether oxygens (including phenoxy) is 1. The molecule has 4 nitrogen and oxygen atoms in total. The van der Waals surface area contributed by atoms with Crippen molar-refractivity contribution < 1.29 is 4.74 Å². The molecule has 1 aliphatic rings. The van der Waals surface area contributed by atoms with Crippen LogP contribution in [-0.2, 0) is 13.1 Å². The monoisotopic (exact) mass is 397 g/mol. The van der Waals surface area contributed by atoms with Crippen LogP contribution in [0.2, 0.25) is 0 Å². The van der Waals surface area contributed by atoms with E-state index in [1.54, 1.807) is 13.3 Å². The number of pyridine rings is 1. The zero-order valence-corrected chi connectivity index (χ0v) is 17.6. The van der Waals surface area contributed by atoms with Gasteiger partial charge in [-0.05, 0) is 42.8 Å². The Bertz CT molecular complexity index is 730. The van der Waals surface area contributed by atoms with E-state index in [9.17, 15) is 0 Å². The van der Waals surface area contributed by atoms with Crippen molar-refractivity contribution in [3.8, 4) is 5.75 Å². The number of nitrogens with zero attached hydrogens (tertiary/aromatic N) is 2. The third-order valence-corrected chi connectivity index (χ3v) is 5.75. The van der Waals surface area contributed by atoms with Gasteiger partial charge in [-0.3, -0.25) is 4.98 Å². The molecule has 1 aliphatic carbocycles. The van der Waals surface area contributed by atoms with Gasteiger partial charge in [0.1, 0.15) is 5.75 Å². The lowest BCUT2D eigenvalue weighted by atomic mass is 9.97. The van der Waals surface area contributed by atoms with Gasteiger partial charge in [-0.15, -0.1) is 0 Å². The summed E-state index contributed by atoms with van der Waals surface area (Å²) in [5, 5.41) is 4.48. The van der Waals surface area contributed by atoms with Crippen LogP contribution in [0, 0.1) is 0 Å². The summed E-state index contributed by atoms with van der Waals surface area (Å²) in [5.74, 6) is 0.896. The van der Waals surface area contributed by atoms with Gasteiger partial charge in [-0.2, -0.15) is 0 Å². The van der Waals surface area contributed by atoms with Crippen LogP contribution < -0.4 is 10.1 Å². The van der Waals surface area contributed by atoms with Crippen LogP contribution in [0.1, 0.15) is 56.1 Å². The van der Waals surface area contributed by atoms with Gasteiger partial charge >= 0.3 is 0 Å². The Morgan fingerprint density at radius 2 is 1.82 bits per heavy atom. The van der Waals surface area contributed by atoms with E-state index in [1.165, 1.54) is 44.9 Å². The molecule has 150 valence electrons. The lowest BCUT2D eigenvalue weighted by Crippen LogP contribution is -2.44. The van der Waals surface area contributed by atoms with Gasteiger partial charge in [0.2, 0.25) is 0 Å². The van der Waals surface area contributed by atoms with Gasteiger partial charge in [0, 0.05) is 37.1 Å². The second-order valence-corrected chi connectivity index (χ2v) is 7.91. The van der Waals surface area contributed by atoms with Crippen molar-refractivity contribution in [3.63, 3.8) is 0 Å². The Labute approximate surface area is 174 Å². The third kappa shape index (κ3) is 6.20. The maximum Gasteiger partial charge on any atom is 0.169 e. The molecule has 1 N–H and O–H groups in total. The highest BCUT2D eigenvalue weighted by atomic mass is 32.1. The number of benzene rings is 1. The molecule has 0 spiro atoms. The van der Waals surface area contributed by atoms with Crippen LogP contribution in [0.25, 0.3) is 0 Å². The van der Waals surface area contributed by atoms with Crippen LogP contribution in [0.15, 0.2) is 48.8 Å². The van der Waals surface area contributed by atoms with Crippen LogP contribution >= 0.6 is 12.2 Å². The molecule has 0 aliphatic heterocycles. The molecule has 2 aromatic rings. The fraction of sp³-hybridized carbons (Fsp3) is 0.478. The molecule has 0 bridgehead atoms. The van der Waals surface area contributed by atoms with Crippen LogP contribution in [0.3, 0.4) is 0 Å². The zero-order valence-electron chi connectivity index (χ0n) is 16.8. The quantitative estimate of drug-likeness (QED) is 0.688. The average Bonchev–Trinajstić information content (AvgIpc) is 2.70. The Hall–Kier alpha value is -2.14. The maximum atomic E-state index is 5.87. The van der Waals surface area contributed by atoms with E-state index in [0.717, 1.165) is 28.5 Å². The summed E-state index contributed by atoms with van der Waals surface area (Å²) in [5.41, 5.74) is 2.29. The molecule has 0 atom stereocenters. The highest BCUT2D eigenvalue weighted by molar-refractivity contribution is 7.80. The molecule has 1 saturated carbocycles. The number of thiocarbonyl (C=S) groups is 1. The number of hydrogen-bond acceptors (Lipinski definition) is 3. The normalized spacial score (nSPS) is 15.3. The standard InChI is InChI=1S/C23H31N3OS/c1-27-22-14-8-7-11-20(22)18-26(17-19-10-9-15-24-16-19)23(28)25-21-12-5-3-2-4-6-13-21/h7-11,14-16,21H,2-6,12-13,17-18H2,1H3,(H,25,28). The summed E-state index contributed by atoms with van der Waals surface area (Å²) in [6, 6.07) is 12.7. The number of para-hydroxylation sites is 1. The minimum Gasteiger partial charge on any atom is -0.496 e. The van der Waals surface area contributed by atoms with Gasteiger partial charge in [0.25, 0.3) is 0 Å². The van der Waals surface area contributed by atoms with Crippen molar-refractivity contribution in [3.05, 3.63) is 59.9 Å². The first-order valence-corrected chi connectivity index (χ1v) is 10.7. The molecular weight excluding hydrogens is 366 g/mol. The third-order valence-electron chi connectivity index (χ3n) is 5.37. The number of nitrogens with one attached hydrogen (secondary N) is 1. The Kier molecular flexibility index (Phi) is 8.09. The van der Waals surface area contributed by atoms with Gasteiger partial charge in [0.15, 0.2) is 5.11 Å². The van der Waals surface area contributed by atoms with E-state index in [0.29, 0.717) is 12.6 Å². The van der Waals surface area contributed by atoms with Crippen molar-refractivity contribution in [2.24, 2.45) is 0 Å². The molecule has 1 aromatic carbocycles. The first kappa shape index (κ1) is 20.6. The molecule has 1 aromatic heterocycles. The van der Waals surface area contributed by atoms with Crippen molar-refractivity contribution >= 4 is 17.3 Å². The molecule has 3 rings (SSSR count). The smallest absolute Gasteiger partial charge is 0.169 e. The van der Waals surface area contributed by atoms with Crippen molar-refractivity contribution in [1.29, 1.82) is 0 Å². The number of rotatable bonds is 6. The fourth-order valence-corrected chi connectivity index (χ4v) is 4.11. The van der Waals surface area contributed by atoms with Gasteiger partial charge < -0.3 is 15.0 Å². The average molecular weight is 398 g/mol. The summed E-state index contributed by atoms with van der Waals surface area (Å²) in [6.45, 7) is 1.43. The van der Waals surface area contributed by atoms with Crippen molar-refractivity contribution in [1.82, 2.24) is 15.2 Å². The highest BCUT2D eigenvalue weighted by Crippen LogP contribution is 2.22. The second kappa shape index (κ2) is 11.0. The first-order chi connectivity index (χ1) is 13.8. The zero-order chi connectivity index (χ0) is 19.6. The number of methoxy groups -OCH3 is 1. The number of aromatic nitrogens is 1. The number of hydrogen-bond donors (Lipinski definition) is 1. The first-order valence-electron chi connectivity index (χ1n) is 10.3. The Morgan fingerprint density at radius 1 is 1.07 bits per heavy atom. The van der Waals surface area contributed by atoms with Gasteiger partial charge in [-0.25, -0.2) is 0 Å². The fourth-order valence-electron chi connectivity index (χ4n) is 3.82. The summed E-state index contributed by atoms with van der Waals surface area (Å²) in [7, 11) is 1.72. The predicted molar refractivity (Wildman–Crippen MR) is 118 cm³/mol. The summed E-state index contributed by atoms with van der Waals surface area (Å²) < 4.78 is 5.55. The molecule has 5 heteroatoms. The molecule has 28 heavy (non-hydrogen) atoms. The van der Waals surface area contributed by atoms with Crippen LogP contribution in [0.5, 0.6) is 5.75 Å². The van der Waals surface area contributed by atoms with E-state index < -0.39 is 0 Å². The lowest BCUT2D eigenvalue weighted by molar-refractivity contribution is 0.357. The molecule has 0 radical (unpaired) electrons. The predicted octanol–water partition coefficient (Wildman–Crippen LogP) is 5.08. The molecule has 1 heterocycles. The highest BCUT2D eigenvalue weighted by Gasteiger charge is 2.18. The second-order valence-electron chi connectivity index (χ2n) is 7.52. The van der Waals surface area contributed by atoms with Gasteiger partial charge in [0.05, 0.1) is 7.11 Å². The van der Waals surface area contributed by atoms with Crippen molar-refractivity contribution in [2.75, 3.05) is 7.11 Å². The summed E-state index contributed by atoms with van der Waals surface area (Å²) in [6.07, 6.45) is 12.7. The van der Waals surface area contributed by atoms with Crippen molar-refractivity contribution in [2.45, 2.75) is 64.1 Å². The largest absolute Gasteiger partial charge is 0.496 e. The van der Waals surface area contributed by atoms with E-state index in [4.69, 9.17) is 17.0 Å². The Morgan fingerprint density at radius 3 is 2.54 bits per heavy atom. The van der Waals surface area contributed by atoms with E-state index >= 15 is 0 Å². The molecular formula is C23H31N3OS. The molecule has 0 saturated heterocycles. The molecule has 0 amide bonds. The minimum atomic E-state index is 0.474. The lowest BCUT2D eigenvalue weighted by Gasteiger charge is -2.30. The van der Waals surface area contributed by atoms with E-state index in [2.05, 4.69) is 27.3 Å². The Balaban J connectivity index is 1.73. The SMILES string of the molecule is COc1ccccc1CN(Cc1cccnc1)C(=S)NC1CCCCCCC1. The summed E-state index contributed by atoms with van der Waals surface area (Å²) in [4.78, 5) is 6.49. The minimum absolute atomic E-state index is 0.474. The van der Waals surface area contributed by atoms with E-state index in [1.807, 2.05) is 30.5 Å². The molecule has 0 unspecified atom stereocenters. The summed E-state index contributed by atoms with van der Waals surface area (Å²) >= 11 is 5.87. The topological polar surface area (TPSA) is 37.4 Å². The van der Waals surface area contributed by atoms with Gasteiger partial charge in [-0.1, -0.05) is 56.4 Å². The van der Waals surface area contributed by atoms with E-state index in [-0.39, 0.29) is 0 Å². The molecule has 1 fully saturated rings. The van der Waals surface area contributed by atoms with Crippen LogP contribution in [0.4, 0.5) is 0 Å². The maximum absolute atomic E-state index is 5.87.